The van der Waals surface area contributed by atoms with Gasteiger partial charge < -0.3 is 5.11 Å². The molecule has 1 aromatic rings. The maximum atomic E-state index is 11.3. The highest BCUT2D eigenvalue weighted by atomic mass is 32.2. The van der Waals surface area contributed by atoms with Crippen LogP contribution < -0.4 is 0 Å². The van der Waals surface area contributed by atoms with Gasteiger partial charge in [0.2, 0.25) is 0 Å². The third-order valence-electron chi connectivity index (χ3n) is 2.94. The summed E-state index contributed by atoms with van der Waals surface area (Å²) < 4.78 is 0. The molecule has 0 radical (unpaired) electrons. The maximum Gasteiger partial charge on any atom is 0.336 e. The van der Waals surface area contributed by atoms with Gasteiger partial charge in [0.05, 0.1) is 5.56 Å². The Morgan fingerprint density at radius 2 is 2.12 bits per heavy atom. The van der Waals surface area contributed by atoms with Gasteiger partial charge in [0, 0.05) is 10.5 Å². The zero-order valence-electron chi connectivity index (χ0n) is 9.01. The van der Waals surface area contributed by atoms with E-state index in [-0.39, 0.29) is 0 Å². The second-order valence-corrected chi connectivity index (χ2v) is 4.87. The van der Waals surface area contributed by atoms with Gasteiger partial charge >= 0.3 is 5.97 Å². The molecule has 1 aliphatic heterocycles. The molecule has 1 heterocycles. The summed E-state index contributed by atoms with van der Waals surface area (Å²) >= 11 is 1.59. The van der Waals surface area contributed by atoms with Gasteiger partial charge in [-0.15, -0.1) is 0 Å². The molecule has 17 heavy (non-hydrogen) atoms. The fraction of sp³-hybridized carbons (Fsp3) is 0.0714. The number of rotatable bonds is 1. The van der Waals surface area contributed by atoms with Gasteiger partial charge in [-0.05, 0) is 29.0 Å². The van der Waals surface area contributed by atoms with Gasteiger partial charge in [-0.3, -0.25) is 0 Å². The molecular weight excluding hydrogens is 232 g/mol. The van der Waals surface area contributed by atoms with Crippen LogP contribution in [0.15, 0.2) is 34.6 Å². The highest BCUT2D eigenvalue weighted by molar-refractivity contribution is 8.02. The highest BCUT2D eigenvalue weighted by Gasteiger charge is 2.20. The number of carboxylic acids is 1. The SMILES string of the molecule is O=C(O)c1cc2c(c3c1C=CC=CS3)C=CC2. The van der Waals surface area contributed by atoms with Gasteiger partial charge in [0.1, 0.15) is 0 Å². The largest absolute Gasteiger partial charge is 0.478 e. The molecule has 0 saturated heterocycles. The predicted molar refractivity (Wildman–Crippen MR) is 70.2 cm³/mol. The molecule has 2 aliphatic rings. The zero-order valence-corrected chi connectivity index (χ0v) is 9.83. The van der Waals surface area contributed by atoms with Crippen LogP contribution in [0.4, 0.5) is 0 Å². The van der Waals surface area contributed by atoms with E-state index in [0.29, 0.717) is 5.56 Å². The van der Waals surface area contributed by atoms with Gasteiger partial charge in [-0.1, -0.05) is 42.1 Å². The van der Waals surface area contributed by atoms with Crippen LogP contribution in [0.1, 0.15) is 27.0 Å². The van der Waals surface area contributed by atoms with Crippen LogP contribution in [0.2, 0.25) is 0 Å². The molecule has 2 nitrogen and oxygen atoms in total. The van der Waals surface area contributed by atoms with Crippen molar-refractivity contribution in [2.45, 2.75) is 11.3 Å². The Labute approximate surface area is 103 Å². The van der Waals surface area contributed by atoms with E-state index in [9.17, 15) is 9.90 Å². The first-order valence-electron chi connectivity index (χ1n) is 5.37. The Hall–Kier alpha value is -1.74. The molecule has 3 heteroatoms. The van der Waals surface area contributed by atoms with Crippen LogP contribution in [0.3, 0.4) is 0 Å². The van der Waals surface area contributed by atoms with Gasteiger partial charge in [-0.25, -0.2) is 4.79 Å². The number of carbonyl (C=O) groups is 1. The molecule has 0 aromatic heterocycles. The molecule has 0 unspecified atom stereocenters. The third kappa shape index (κ3) is 1.63. The van der Waals surface area contributed by atoms with Crippen molar-refractivity contribution in [2.24, 2.45) is 0 Å². The molecule has 0 spiro atoms. The lowest BCUT2D eigenvalue weighted by molar-refractivity contribution is 0.0696. The molecule has 1 aromatic carbocycles. The van der Waals surface area contributed by atoms with E-state index in [1.165, 1.54) is 5.56 Å². The lowest BCUT2D eigenvalue weighted by Gasteiger charge is -2.12. The summed E-state index contributed by atoms with van der Waals surface area (Å²) in [6.45, 7) is 0. The first-order valence-corrected chi connectivity index (χ1v) is 6.25. The van der Waals surface area contributed by atoms with Crippen molar-refractivity contribution in [1.82, 2.24) is 0 Å². The van der Waals surface area contributed by atoms with Crippen LogP contribution in [0, 0.1) is 0 Å². The van der Waals surface area contributed by atoms with Gasteiger partial charge in [0.25, 0.3) is 0 Å². The van der Waals surface area contributed by atoms with Gasteiger partial charge in [0.15, 0.2) is 0 Å². The summed E-state index contributed by atoms with van der Waals surface area (Å²) in [6, 6.07) is 1.80. The van der Waals surface area contributed by atoms with Gasteiger partial charge in [-0.2, -0.15) is 0 Å². The number of hydrogen-bond acceptors (Lipinski definition) is 2. The molecule has 84 valence electrons. The standard InChI is InChI=1S/C14H10O2S/c15-14(16)12-8-9-4-3-6-10(9)13-11(12)5-1-2-7-17-13/h1-3,5-8H,4H2,(H,15,16). The fourth-order valence-corrected chi connectivity index (χ4v) is 3.11. The molecule has 0 atom stereocenters. The minimum atomic E-state index is -0.858. The van der Waals surface area contributed by atoms with Crippen molar-refractivity contribution in [3.05, 3.63) is 52.0 Å². The smallest absolute Gasteiger partial charge is 0.336 e. The van der Waals surface area contributed by atoms with Crippen LogP contribution in [0.25, 0.3) is 12.2 Å². The molecule has 3 rings (SSSR count). The molecule has 0 bridgehead atoms. The Kier molecular flexibility index (Phi) is 2.41. The Bertz CT molecular complexity index is 595. The predicted octanol–water partition coefficient (Wildman–Crippen LogP) is 3.59. The number of benzene rings is 1. The van der Waals surface area contributed by atoms with E-state index in [4.69, 9.17) is 0 Å². The fourth-order valence-electron chi connectivity index (χ4n) is 2.17. The van der Waals surface area contributed by atoms with E-state index in [2.05, 4.69) is 12.2 Å². The monoisotopic (exact) mass is 242 g/mol. The summed E-state index contributed by atoms with van der Waals surface area (Å²) in [5.74, 6) is -0.858. The Morgan fingerprint density at radius 1 is 1.24 bits per heavy atom. The second-order valence-electron chi connectivity index (χ2n) is 3.96. The number of hydrogen-bond donors (Lipinski definition) is 1. The van der Waals surface area contributed by atoms with E-state index >= 15 is 0 Å². The molecule has 0 saturated carbocycles. The second kappa shape index (κ2) is 3.93. The number of allylic oxidation sites excluding steroid dienone is 3. The highest BCUT2D eigenvalue weighted by Crippen LogP contribution is 2.38. The van der Waals surface area contributed by atoms with E-state index < -0.39 is 5.97 Å². The Balaban J connectivity index is 2.33. The molecule has 0 fully saturated rings. The van der Waals surface area contributed by atoms with Crippen LogP contribution in [-0.2, 0) is 6.42 Å². The molecule has 1 aliphatic carbocycles. The Morgan fingerprint density at radius 3 is 2.94 bits per heavy atom. The quantitative estimate of drug-likeness (QED) is 0.817. The van der Waals surface area contributed by atoms with Crippen molar-refractivity contribution in [1.29, 1.82) is 0 Å². The average molecular weight is 242 g/mol. The normalized spacial score (nSPS) is 15.5. The summed E-state index contributed by atoms with van der Waals surface area (Å²) in [4.78, 5) is 12.4. The average Bonchev–Trinajstić information content (AvgIpc) is 2.64. The lowest BCUT2D eigenvalue weighted by Crippen LogP contribution is -2.03. The van der Waals surface area contributed by atoms with Crippen molar-refractivity contribution in [3.63, 3.8) is 0 Å². The number of carboxylic acid groups (broad SMARTS) is 1. The van der Waals surface area contributed by atoms with Crippen LogP contribution in [-0.4, -0.2) is 11.1 Å². The first-order chi connectivity index (χ1) is 8.27. The van der Waals surface area contributed by atoms with Crippen molar-refractivity contribution >= 4 is 29.9 Å². The third-order valence-corrected chi connectivity index (χ3v) is 3.90. The molecule has 1 N–H and O–H groups in total. The van der Waals surface area contributed by atoms with E-state index in [1.807, 2.05) is 23.6 Å². The number of aromatic carboxylic acids is 1. The van der Waals surface area contributed by atoms with Crippen molar-refractivity contribution < 1.29 is 9.90 Å². The number of fused-ring (bicyclic) bond motifs is 3. The summed E-state index contributed by atoms with van der Waals surface area (Å²) in [5.41, 5.74) is 3.50. The maximum absolute atomic E-state index is 11.3. The molecular formula is C14H10O2S. The van der Waals surface area contributed by atoms with E-state index in [0.717, 1.165) is 22.4 Å². The minimum absolute atomic E-state index is 0.398. The van der Waals surface area contributed by atoms with Crippen molar-refractivity contribution in [3.8, 4) is 0 Å². The summed E-state index contributed by atoms with van der Waals surface area (Å²) in [5, 5.41) is 11.3. The number of thioether (sulfide) groups is 1. The van der Waals surface area contributed by atoms with E-state index in [1.54, 1.807) is 17.8 Å². The topological polar surface area (TPSA) is 37.3 Å². The minimum Gasteiger partial charge on any atom is -0.478 e. The van der Waals surface area contributed by atoms with Crippen LogP contribution in [0.5, 0.6) is 0 Å². The first kappa shape index (κ1) is 10.4. The zero-order chi connectivity index (χ0) is 11.8. The van der Waals surface area contributed by atoms with Crippen LogP contribution >= 0.6 is 11.8 Å². The summed E-state index contributed by atoms with van der Waals surface area (Å²) in [7, 11) is 0. The lowest BCUT2D eigenvalue weighted by atomic mass is 9.99. The molecule has 0 amide bonds. The van der Waals surface area contributed by atoms with Crippen molar-refractivity contribution in [2.75, 3.05) is 0 Å². The summed E-state index contributed by atoms with van der Waals surface area (Å²) in [6.07, 6.45) is 10.7.